The molecule has 0 aliphatic carbocycles. The number of benzene rings is 1. The number of anilines is 1. The molecule has 0 unspecified atom stereocenters. The largest absolute Gasteiger partial charge is 0.417 e. The molecule has 2 aromatic rings. The van der Waals surface area contributed by atoms with Crippen LogP contribution in [0, 0.1) is 0 Å². The number of rotatable bonds is 3. The van der Waals surface area contributed by atoms with Gasteiger partial charge in [-0.2, -0.15) is 23.3 Å². The monoisotopic (exact) mass is 423 g/mol. The lowest BCUT2D eigenvalue weighted by atomic mass is 9.98. The third kappa shape index (κ3) is 4.91. The lowest BCUT2D eigenvalue weighted by Gasteiger charge is -2.19. The van der Waals surface area contributed by atoms with Gasteiger partial charge in [0.2, 0.25) is 5.95 Å². The van der Waals surface area contributed by atoms with Gasteiger partial charge in [0.05, 0.1) is 10.6 Å². The highest BCUT2D eigenvalue weighted by atomic mass is 35.5. The van der Waals surface area contributed by atoms with Crippen LogP contribution in [0.1, 0.15) is 40.5 Å². The fraction of sp³-hybridized carbons (Fsp3) is 0.438. The summed E-state index contributed by atoms with van der Waals surface area (Å²) >= 11 is 5.58. The van der Waals surface area contributed by atoms with E-state index in [9.17, 15) is 18.0 Å². The number of nitrogens with one attached hydrogen (secondary N) is 2. The number of hydrogen-bond acceptors (Lipinski definition) is 4. The van der Waals surface area contributed by atoms with Gasteiger partial charge in [-0.15, -0.1) is 12.4 Å². The van der Waals surface area contributed by atoms with E-state index in [1.54, 1.807) is 7.05 Å². The average molecular weight is 424 g/mol. The number of aromatic nitrogens is 3. The second kappa shape index (κ2) is 8.45. The molecular weight excluding hydrogens is 406 g/mol. The highest BCUT2D eigenvalue weighted by Crippen LogP contribution is 2.35. The molecule has 0 atom stereocenters. The maximum Gasteiger partial charge on any atom is 0.417 e. The van der Waals surface area contributed by atoms with Crippen LogP contribution in [0.15, 0.2) is 18.2 Å². The normalized spacial score (nSPS) is 15.3. The van der Waals surface area contributed by atoms with Gasteiger partial charge in [0, 0.05) is 18.5 Å². The van der Waals surface area contributed by atoms with Gasteiger partial charge >= 0.3 is 6.18 Å². The summed E-state index contributed by atoms with van der Waals surface area (Å²) in [5.41, 5.74) is -1.21. The highest BCUT2D eigenvalue weighted by Gasteiger charge is 2.34. The lowest BCUT2D eigenvalue weighted by Crippen LogP contribution is -2.27. The summed E-state index contributed by atoms with van der Waals surface area (Å²) in [5.74, 6) is 0.295. The van der Waals surface area contributed by atoms with Crippen molar-refractivity contribution in [3.63, 3.8) is 0 Å². The van der Waals surface area contributed by atoms with Crippen LogP contribution < -0.4 is 10.6 Å². The number of aryl methyl sites for hydroxylation is 1. The van der Waals surface area contributed by atoms with Crippen molar-refractivity contribution in [1.29, 1.82) is 0 Å². The number of carbonyl (C=O) groups is 1. The second-order valence-electron chi connectivity index (χ2n) is 6.09. The highest BCUT2D eigenvalue weighted by molar-refractivity contribution is 6.31. The SMILES string of the molecule is Cl.Cn1nc(C2CCNCC2)nc1NC(=O)c1ccc(Cl)c(C(F)(F)F)c1. The maximum atomic E-state index is 12.9. The Kier molecular flexibility index (Phi) is 6.72. The number of nitrogens with zero attached hydrogens (tertiary/aromatic N) is 3. The molecule has 1 aromatic heterocycles. The third-order valence-corrected chi connectivity index (χ3v) is 4.57. The summed E-state index contributed by atoms with van der Waals surface area (Å²) in [5, 5.41) is 9.61. The summed E-state index contributed by atoms with van der Waals surface area (Å²) < 4.78 is 40.2. The number of carbonyl (C=O) groups excluding carboxylic acids is 1. The van der Waals surface area contributed by atoms with E-state index < -0.39 is 22.7 Å². The Morgan fingerprint density at radius 1 is 1.33 bits per heavy atom. The minimum Gasteiger partial charge on any atom is -0.317 e. The van der Waals surface area contributed by atoms with Gasteiger partial charge in [0.15, 0.2) is 5.82 Å². The molecule has 1 fully saturated rings. The molecule has 11 heteroatoms. The molecule has 1 saturated heterocycles. The van der Waals surface area contributed by atoms with Crippen LogP contribution in [0.4, 0.5) is 19.1 Å². The lowest BCUT2D eigenvalue weighted by molar-refractivity contribution is -0.137. The van der Waals surface area contributed by atoms with Crippen molar-refractivity contribution < 1.29 is 18.0 Å². The Balaban J connectivity index is 0.00000261. The van der Waals surface area contributed by atoms with Gasteiger partial charge in [-0.05, 0) is 44.1 Å². The van der Waals surface area contributed by atoms with E-state index in [2.05, 4.69) is 20.7 Å². The number of amides is 1. The first-order valence-corrected chi connectivity index (χ1v) is 8.43. The van der Waals surface area contributed by atoms with E-state index in [-0.39, 0.29) is 29.8 Å². The minimum atomic E-state index is -4.64. The van der Waals surface area contributed by atoms with Crippen molar-refractivity contribution in [3.05, 3.63) is 40.2 Å². The van der Waals surface area contributed by atoms with Crippen LogP contribution in [-0.2, 0) is 13.2 Å². The smallest absolute Gasteiger partial charge is 0.317 e. The van der Waals surface area contributed by atoms with E-state index in [0.29, 0.717) is 5.82 Å². The number of halogens is 5. The molecular formula is C16H18Cl2F3N5O. The molecule has 148 valence electrons. The van der Waals surface area contributed by atoms with Crippen molar-refractivity contribution >= 4 is 35.9 Å². The molecule has 1 aromatic carbocycles. The summed E-state index contributed by atoms with van der Waals surface area (Å²) in [7, 11) is 1.62. The molecule has 2 heterocycles. The minimum absolute atomic E-state index is 0. The van der Waals surface area contributed by atoms with Gasteiger partial charge in [0.25, 0.3) is 5.91 Å². The first-order chi connectivity index (χ1) is 12.3. The molecule has 6 nitrogen and oxygen atoms in total. The molecule has 0 spiro atoms. The Hall–Kier alpha value is -1.84. The van der Waals surface area contributed by atoms with Crippen molar-refractivity contribution in [3.8, 4) is 0 Å². The zero-order chi connectivity index (χ0) is 18.9. The van der Waals surface area contributed by atoms with Crippen molar-refractivity contribution in [2.75, 3.05) is 18.4 Å². The Labute approximate surface area is 164 Å². The van der Waals surface area contributed by atoms with Crippen LogP contribution in [0.25, 0.3) is 0 Å². The van der Waals surface area contributed by atoms with E-state index >= 15 is 0 Å². The predicted molar refractivity (Wildman–Crippen MR) is 97.5 cm³/mol. The van der Waals surface area contributed by atoms with Gasteiger partial charge in [-0.3, -0.25) is 10.1 Å². The van der Waals surface area contributed by atoms with Crippen molar-refractivity contribution in [1.82, 2.24) is 20.1 Å². The Morgan fingerprint density at radius 3 is 2.63 bits per heavy atom. The van der Waals surface area contributed by atoms with E-state index in [4.69, 9.17) is 11.6 Å². The van der Waals surface area contributed by atoms with E-state index in [0.717, 1.165) is 38.1 Å². The van der Waals surface area contributed by atoms with Gasteiger partial charge in [-0.1, -0.05) is 11.6 Å². The van der Waals surface area contributed by atoms with Crippen LogP contribution in [0.5, 0.6) is 0 Å². The van der Waals surface area contributed by atoms with Gasteiger partial charge < -0.3 is 5.32 Å². The summed E-state index contributed by atoms with van der Waals surface area (Å²) in [6, 6.07) is 3.01. The molecule has 0 saturated carbocycles. The fourth-order valence-electron chi connectivity index (χ4n) is 2.82. The van der Waals surface area contributed by atoms with Crippen LogP contribution >= 0.6 is 24.0 Å². The van der Waals surface area contributed by atoms with Crippen LogP contribution in [-0.4, -0.2) is 33.8 Å². The quantitative estimate of drug-likeness (QED) is 0.790. The molecule has 1 aliphatic heterocycles. The van der Waals surface area contributed by atoms with E-state index in [1.165, 1.54) is 10.7 Å². The molecule has 0 radical (unpaired) electrons. The third-order valence-electron chi connectivity index (χ3n) is 4.24. The maximum absolute atomic E-state index is 12.9. The molecule has 1 aliphatic rings. The first-order valence-electron chi connectivity index (χ1n) is 8.05. The Morgan fingerprint density at radius 2 is 2.00 bits per heavy atom. The first kappa shape index (κ1) is 21.5. The molecule has 3 rings (SSSR count). The molecule has 0 bridgehead atoms. The van der Waals surface area contributed by atoms with E-state index in [1.807, 2.05) is 0 Å². The van der Waals surface area contributed by atoms with Crippen LogP contribution in [0.3, 0.4) is 0 Å². The zero-order valence-corrected chi connectivity index (χ0v) is 15.9. The number of piperidine rings is 1. The molecule has 2 N–H and O–H groups in total. The van der Waals surface area contributed by atoms with Gasteiger partial charge in [-0.25, -0.2) is 4.68 Å². The second-order valence-corrected chi connectivity index (χ2v) is 6.50. The van der Waals surface area contributed by atoms with Crippen LogP contribution in [0.2, 0.25) is 5.02 Å². The average Bonchev–Trinajstić information content (AvgIpc) is 2.95. The fourth-order valence-corrected chi connectivity index (χ4v) is 3.05. The molecule has 27 heavy (non-hydrogen) atoms. The van der Waals surface area contributed by atoms with Crippen molar-refractivity contribution in [2.45, 2.75) is 24.9 Å². The number of hydrogen-bond donors (Lipinski definition) is 2. The summed E-state index contributed by atoms with van der Waals surface area (Å²) in [4.78, 5) is 16.7. The zero-order valence-electron chi connectivity index (χ0n) is 14.3. The molecule has 1 amide bonds. The van der Waals surface area contributed by atoms with Gasteiger partial charge in [0.1, 0.15) is 0 Å². The summed E-state index contributed by atoms with van der Waals surface area (Å²) in [6.07, 6.45) is -2.85. The summed E-state index contributed by atoms with van der Waals surface area (Å²) in [6.45, 7) is 1.74. The van der Waals surface area contributed by atoms with Crippen molar-refractivity contribution in [2.24, 2.45) is 7.05 Å². The Bertz CT molecular complexity index is 819. The number of alkyl halides is 3. The topological polar surface area (TPSA) is 71.8 Å². The predicted octanol–water partition coefficient (Wildman–Crippen LogP) is 3.63. The standard InChI is InChI=1S/C16H17ClF3N5O.ClH/c1-25-15(22-13(24-25)9-4-6-21-7-5-9)23-14(26)10-2-3-12(17)11(8-10)16(18,19)20;/h2-3,8-9,21H,4-7H2,1H3,(H,22,23,24,26);1H.